The van der Waals surface area contributed by atoms with Crippen molar-refractivity contribution < 1.29 is 28.9 Å². The Labute approximate surface area is 261 Å². The number of carbonyl (C=O) groups excluding carboxylic acids is 2. The molecule has 0 saturated carbocycles. The second-order valence-corrected chi connectivity index (χ2v) is 17.3. The van der Waals surface area contributed by atoms with E-state index in [9.17, 15) is 14.7 Å². The summed E-state index contributed by atoms with van der Waals surface area (Å²) < 4.78 is 18.4. The molecule has 2 N–H and O–H groups in total. The van der Waals surface area contributed by atoms with Crippen LogP contribution in [-0.4, -0.2) is 69.4 Å². The maximum Gasteiger partial charge on any atom is 0.255 e. The molecule has 3 aromatic carbocycles. The van der Waals surface area contributed by atoms with Gasteiger partial charge in [-0.3, -0.25) is 9.59 Å². The fraction of sp³-hybridized carbons (Fsp3) is 0.429. The molecular weight excluding hydrogens is 572 g/mol. The van der Waals surface area contributed by atoms with E-state index in [4.69, 9.17) is 14.2 Å². The fourth-order valence-electron chi connectivity index (χ4n) is 6.92. The van der Waals surface area contributed by atoms with Gasteiger partial charge in [0.15, 0.2) is 0 Å². The number of amides is 2. The van der Waals surface area contributed by atoms with Gasteiger partial charge in [0.25, 0.3) is 5.91 Å². The number of ether oxygens (including phenoxy) is 3. The third-order valence-electron chi connectivity index (χ3n) is 9.58. The number of methoxy groups -OCH3 is 2. The first-order valence-corrected chi connectivity index (χ1v) is 18.5. The smallest absolute Gasteiger partial charge is 0.255 e. The summed E-state index contributed by atoms with van der Waals surface area (Å²) in [6.45, 7) is 7.38. The Hall–Kier alpha value is -3.66. The molecule has 9 heteroatoms. The average molecular weight is 617 g/mol. The molecule has 2 aliphatic rings. The maximum absolute atomic E-state index is 13.9. The molecule has 44 heavy (non-hydrogen) atoms. The summed E-state index contributed by atoms with van der Waals surface area (Å²) in [5.74, 6) is 1.29. The van der Waals surface area contributed by atoms with E-state index >= 15 is 0 Å². The third kappa shape index (κ3) is 6.41. The zero-order valence-corrected chi connectivity index (χ0v) is 27.3. The van der Waals surface area contributed by atoms with Gasteiger partial charge in [-0.15, -0.1) is 0 Å². The van der Waals surface area contributed by atoms with Crippen LogP contribution in [0.4, 0.5) is 5.69 Å². The molecule has 1 fully saturated rings. The van der Waals surface area contributed by atoms with Gasteiger partial charge in [-0.05, 0) is 55.3 Å². The van der Waals surface area contributed by atoms with Crippen LogP contribution in [0.2, 0.25) is 18.6 Å². The van der Waals surface area contributed by atoms with Crippen LogP contribution in [0.1, 0.15) is 48.2 Å². The van der Waals surface area contributed by atoms with Gasteiger partial charge in [0.05, 0.1) is 33.9 Å². The van der Waals surface area contributed by atoms with E-state index in [2.05, 4.69) is 37.5 Å². The predicted molar refractivity (Wildman–Crippen MR) is 174 cm³/mol. The number of hydrogen-bond acceptors (Lipinski definition) is 6. The molecule has 0 aliphatic carbocycles. The van der Waals surface area contributed by atoms with E-state index in [1.54, 1.807) is 26.4 Å². The number of rotatable bonds is 10. The first-order chi connectivity index (χ1) is 21.2. The summed E-state index contributed by atoms with van der Waals surface area (Å²) in [7, 11) is 1.00. The molecule has 0 aromatic heterocycles. The summed E-state index contributed by atoms with van der Waals surface area (Å²) in [5, 5.41) is 14.2. The largest absolute Gasteiger partial charge is 0.497 e. The summed E-state index contributed by atoms with van der Waals surface area (Å²) >= 11 is 0. The van der Waals surface area contributed by atoms with Crippen LogP contribution >= 0.6 is 0 Å². The molecule has 8 nitrogen and oxygen atoms in total. The van der Waals surface area contributed by atoms with Crippen LogP contribution in [0.5, 0.6) is 11.5 Å². The summed E-state index contributed by atoms with van der Waals surface area (Å²) in [6.07, 6.45) is 1.46. The van der Waals surface area contributed by atoms with Crippen LogP contribution in [-0.2, 0) is 9.53 Å². The molecule has 5 atom stereocenters. The zero-order chi connectivity index (χ0) is 31.4. The monoisotopic (exact) mass is 616 g/mol. The molecule has 1 saturated heterocycles. The number of likely N-dealkylation sites (tertiary alicyclic amines) is 1. The molecular formula is C35H44N2O6Si. The lowest BCUT2D eigenvalue weighted by Crippen LogP contribution is -2.55. The van der Waals surface area contributed by atoms with E-state index in [1.165, 1.54) is 5.19 Å². The quantitative estimate of drug-likeness (QED) is 0.297. The van der Waals surface area contributed by atoms with Crippen LogP contribution < -0.4 is 20.0 Å². The second-order valence-electron chi connectivity index (χ2n) is 12.5. The Morgan fingerprint density at radius 3 is 2.45 bits per heavy atom. The van der Waals surface area contributed by atoms with E-state index in [-0.39, 0.29) is 48.1 Å². The van der Waals surface area contributed by atoms with E-state index in [0.717, 1.165) is 24.2 Å². The van der Waals surface area contributed by atoms with Gasteiger partial charge < -0.3 is 29.5 Å². The highest BCUT2D eigenvalue weighted by atomic mass is 28.3. The van der Waals surface area contributed by atoms with Gasteiger partial charge in [0, 0.05) is 48.3 Å². The number of hydrogen-bond donors (Lipinski definition) is 2. The van der Waals surface area contributed by atoms with Crippen molar-refractivity contribution in [2.24, 2.45) is 5.92 Å². The molecule has 234 valence electrons. The van der Waals surface area contributed by atoms with Crippen molar-refractivity contribution in [2.75, 3.05) is 32.7 Å². The Morgan fingerprint density at radius 1 is 1.07 bits per heavy atom. The van der Waals surface area contributed by atoms with Gasteiger partial charge in [0.1, 0.15) is 17.6 Å². The predicted octanol–water partition coefficient (Wildman–Crippen LogP) is 5.39. The highest BCUT2D eigenvalue weighted by Crippen LogP contribution is 2.48. The summed E-state index contributed by atoms with van der Waals surface area (Å²) in [6, 6.07) is 22.9. The Kier molecular flexibility index (Phi) is 9.77. The van der Waals surface area contributed by atoms with Crippen LogP contribution in [0.3, 0.4) is 0 Å². The lowest BCUT2D eigenvalue weighted by Gasteiger charge is -2.46. The molecule has 0 spiro atoms. The van der Waals surface area contributed by atoms with E-state index in [1.807, 2.05) is 53.4 Å². The van der Waals surface area contributed by atoms with Crippen molar-refractivity contribution in [3.63, 3.8) is 0 Å². The number of nitrogens with one attached hydrogen (secondary N) is 1. The molecule has 3 aromatic rings. The molecule has 2 aliphatic heterocycles. The maximum atomic E-state index is 13.9. The number of fused-ring (bicyclic) bond motifs is 1. The number of nitrogens with zero attached hydrogens (tertiary/aromatic N) is 1. The topological polar surface area (TPSA) is 97.3 Å². The number of aliphatic hydroxyl groups is 1. The normalized spacial score (nSPS) is 22.1. The number of benzene rings is 3. The average Bonchev–Trinajstić information content (AvgIpc) is 3.53. The van der Waals surface area contributed by atoms with E-state index < -0.39 is 8.07 Å². The number of anilines is 1. The third-order valence-corrected chi connectivity index (χ3v) is 13.8. The SMILES string of the molecule is COc1ccc([Si](C)(C)C(CC(=O)N2CCC[C@H]2CO)[C@H]2Oc3ccc(NC(=O)c4ccccc4)cc3[C@@H](OC)[C@@H]2C)cc1. The Balaban J connectivity index is 1.48. The van der Waals surface area contributed by atoms with Crippen LogP contribution in [0.25, 0.3) is 0 Å². The highest BCUT2D eigenvalue weighted by Gasteiger charge is 2.48. The molecule has 0 bridgehead atoms. The van der Waals surface area contributed by atoms with Crippen LogP contribution in [0, 0.1) is 5.92 Å². The van der Waals surface area contributed by atoms with Crippen LogP contribution in [0.15, 0.2) is 72.8 Å². The second kappa shape index (κ2) is 13.5. The van der Waals surface area contributed by atoms with Crippen molar-refractivity contribution >= 4 is 30.8 Å². The Morgan fingerprint density at radius 2 is 1.80 bits per heavy atom. The van der Waals surface area contributed by atoms with Crippen molar-refractivity contribution in [3.8, 4) is 11.5 Å². The minimum absolute atomic E-state index is 0.0195. The first kappa shape index (κ1) is 31.8. The first-order valence-electron chi connectivity index (χ1n) is 15.4. The zero-order valence-electron chi connectivity index (χ0n) is 26.3. The lowest BCUT2D eigenvalue weighted by molar-refractivity contribution is -0.133. The number of aliphatic hydroxyl groups excluding tert-OH is 1. The van der Waals surface area contributed by atoms with Crippen molar-refractivity contribution in [3.05, 3.63) is 83.9 Å². The fourth-order valence-corrected chi connectivity index (χ4v) is 10.3. The minimum Gasteiger partial charge on any atom is -0.497 e. The lowest BCUT2D eigenvalue weighted by atomic mass is 9.86. The number of carbonyl (C=O) groups is 2. The minimum atomic E-state index is -2.36. The summed E-state index contributed by atoms with van der Waals surface area (Å²) in [5.41, 5.74) is 2.04. The molecule has 2 heterocycles. The van der Waals surface area contributed by atoms with Gasteiger partial charge in [-0.2, -0.15) is 0 Å². The summed E-state index contributed by atoms with van der Waals surface area (Å²) in [4.78, 5) is 28.6. The standard InChI is InChI=1S/C35H44N2O6Si/c1-23-33(42-3)29-20-25(36-35(40)24-10-7-6-8-11-24)13-18-30(29)43-34(23)31(21-32(39)37-19-9-12-26(37)22-38)44(4,5)28-16-14-27(41-2)15-17-28/h6-8,10-11,13-18,20,23,26,31,33-34,38H,9,12,19,21-22H2,1-5H3,(H,36,40)/t23-,26-,31?,33-,34-/m0/s1. The molecule has 2 amide bonds. The molecule has 0 radical (unpaired) electrons. The van der Waals surface area contributed by atoms with Gasteiger partial charge in [0.2, 0.25) is 5.91 Å². The highest BCUT2D eigenvalue weighted by molar-refractivity contribution is 6.91. The van der Waals surface area contributed by atoms with Crippen molar-refractivity contribution in [1.29, 1.82) is 0 Å². The van der Waals surface area contributed by atoms with Crippen molar-refractivity contribution in [2.45, 2.75) is 63.1 Å². The van der Waals surface area contributed by atoms with Gasteiger partial charge >= 0.3 is 0 Å². The molecule has 1 unspecified atom stereocenters. The molecule has 5 rings (SSSR count). The van der Waals surface area contributed by atoms with Gasteiger partial charge in [-0.1, -0.05) is 55.5 Å². The van der Waals surface area contributed by atoms with Crippen molar-refractivity contribution in [1.82, 2.24) is 4.90 Å². The Bertz CT molecular complexity index is 1450. The van der Waals surface area contributed by atoms with E-state index in [0.29, 0.717) is 30.0 Å². The van der Waals surface area contributed by atoms with Gasteiger partial charge in [-0.25, -0.2) is 0 Å².